The van der Waals surface area contributed by atoms with Gasteiger partial charge in [-0.05, 0) is 46.3 Å². The predicted octanol–water partition coefficient (Wildman–Crippen LogP) is 3.53. The van der Waals surface area contributed by atoms with Gasteiger partial charge in [0.05, 0.1) is 12.1 Å². The number of amidine groups is 1. The van der Waals surface area contributed by atoms with Gasteiger partial charge in [-0.15, -0.1) is 0 Å². The highest BCUT2D eigenvalue weighted by molar-refractivity contribution is 9.10. The molecule has 1 saturated heterocycles. The van der Waals surface area contributed by atoms with Gasteiger partial charge in [0.15, 0.2) is 5.17 Å². The Morgan fingerprint density at radius 3 is 3.04 bits per heavy atom. The van der Waals surface area contributed by atoms with Crippen LogP contribution in [0.15, 0.2) is 46.0 Å². The molecular formula is C19H18BrFN4O2S. The fourth-order valence-corrected chi connectivity index (χ4v) is 4.80. The highest BCUT2D eigenvalue weighted by Crippen LogP contribution is 2.46. The van der Waals surface area contributed by atoms with Crippen molar-refractivity contribution in [2.75, 3.05) is 24.3 Å². The molecule has 3 heterocycles. The lowest BCUT2D eigenvalue weighted by atomic mass is 9.75. The molecule has 6 nitrogen and oxygen atoms in total. The molecule has 146 valence electrons. The van der Waals surface area contributed by atoms with E-state index in [4.69, 9.17) is 10.5 Å². The first-order chi connectivity index (χ1) is 13.5. The first-order valence-corrected chi connectivity index (χ1v) is 10.5. The molecule has 1 fully saturated rings. The van der Waals surface area contributed by atoms with E-state index in [-0.39, 0.29) is 23.3 Å². The van der Waals surface area contributed by atoms with E-state index in [9.17, 15) is 9.18 Å². The van der Waals surface area contributed by atoms with Crippen LogP contribution >= 0.6 is 27.7 Å². The number of aliphatic imine (C=N–C) groups is 1. The van der Waals surface area contributed by atoms with Crippen LogP contribution < -0.4 is 11.1 Å². The van der Waals surface area contributed by atoms with Crippen LogP contribution in [-0.2, 0) is 10.3 Å². The summed E-state index contributed by atoms with van der Waals surface area (Å²) in [6, 6.07) is 7.89. The Balaban J connectivity index is 1.68. The minimum atomic E-state index is -0.770. The van der Waals surface area contributed by atoms with E-state index in [1.54, 1.807) is 24.4 Å². The van der Waals surface area contributed by atoms with Gasteiger partial charge in [0.1, 0.15) is 11.5 Å². The molecule has 0 unspecified atom stereocenters. The van der Waals surface area contributed by atoms with E-state index >= 15 is 0 Å². The lowest BCUT2D eigenvalue weighted by Crippen LogP contribution is -2.47. The summed E-state index contributed by atoms with van der Waals surface area (Å²) in [5, 5.41) is 3.24. The van der Waals surface area contributed by atoms with Gasteiger partial charge in [-0.3, -0.25) is 9.79 Å². The molecule has 0 spiro atoms. The number of hydrogen-bond donors (Lipinski definition) is 2. The zero-order chi connectivity index (χ0) is 19.7. The standard InChI is InChI=1S/C19H18BrFN4O2S/c20-12-1-4-16(23-8-12)17(26)24-13-2-3-15(21)14(7-13)19-5-6-27-9-11(19)10-28-18(22)25-19/h1-4,7-8,11H,5-6,9-10H2,(H2,22,25)(H,24,26)/t11-,19-/m0/s1. The highest BCUT2D eigenvalue weighted by Gasteiger charge is 2.47. The summed E-state index contributed by atoms with van der Waals surface area (Å²) in [4.78, 5) is 21.2. The number of thioether (sulfide) groups is 1. The number of halogens is 2. The number of nitrogens with two attached hydrogens (primary N) is 1. The fourth-order valence-electron chi connectivity index (χ4n) is 3.60. The van der Waals surface area contributed by atoms with E-state index in [0.717, 1.165) is 4.47 Å². The number of rotatable bonds is 3. The number of carbonyl (C=O) groups is 1. The van der Waals surface area contributed by atoms with E-state index < -0.39 is 5.54 Å². The Bertz CT molecular complexity index is 940. The van der Waals surface area contributed by atoms with Crippen molar-refractivity contribution in [3.05, 3.63) is 58.1 Å². The molecule has 3 N–H and O–H groups in total. The number of nitrogens with one attached hydrogen (secondary N) is 1. The summed E-state index contributed by atoms with van der Waals surface area (Å²) in [5.74, 6) is 0.00400. The second-order valence-corrected chi connectivity index (χ2v) is 8.67. The molecule has 0 bridgehead atoms. The average Bonchev–Trinajstić information content (AvgIpc) is 2.69. The second kappa shape index (κ2) is 7.81. The topological polar surface area (TPSA) is 89.6 Å². The number of anilines is 1. The number of benzene rings is 1. The Morgan fingerprint density at radius 1 is 1.39 bits per heavy atom. The summed E-state index contributed by atoms with van der Waals surface area (Å²) in [5.41, 5.74) is 6.41. The molecule has 2 aliphatic rings. The van der Waals surface area contributed by atoms with Gasteiger partial charge in [0, 0.05) is 46.6 Å². The van der Waals surface area contributed by atoms with Crippen molar-refractivity contribution in [1.82, 2.24) is 4.98 Å². The lowest BCUT2D eigenvalue weighted by Gasteiger charge is -2.44. The molecule has 0 saturated carbocycles. The number of pyridine rings is 1. The molecule has 1 aromatic heterocycles. The molecule has 2 aliphatic heterocycles. The number of carbonyl (C=O) groups excluding carboxylic acids is 1. The molecule has 1 aromatic carbocycles. The largest absolute Gasteiger partial charge is 0.381 e. The van der Waals surface area contributed by atoms with E-state index in [2.05, 4.69) is 31.2 Å². The fraction of sp³-hybridized carbons (Fsp3) is 0.316. The molecule has 0 aliphatic carbocycles. The van der Waals surface area contributed by atoms with Gasteiger partial charge in [-0.2, -0.15) is 0 Å². The van der Waals surface area contributed by atoms with Crippen molar-refractivity contribution in [3.8, 4) is 0 Å². The number of hydrogen-bond acceptors (Lipinski definition) is 6. The molecule has 0 radical (unpaired) electrons. The predicted molar refractivity (Wildman–Crippen MR) is 111 cm³/mol. The van der Waals surface area contributed by atoms with Crippen molar-refractivity contribution in [2.24, 2.45) is 16.6 Å². The van der Waals surface area contributed by atoms with Crippen molar-refractivity contribution in [2.45, 2.75) is 12.0 Å². The maximum Gasteiger partial charge on any atom is 0.274 e. The van der Waals surface area contributed by atoms with Crippen LogP contribution in [0.25, 0.3) is 0 Å². The summed E-state index contributed by atoms with van der Waals surface area (Å²) in [6.45, 7) is 0.986. The first-order valence-electron chi connectivity index (χ1n) is 8.77. The quantitative estimate of drug-likeness (QED) is 0.724. The summed E-state index contributed by atoms with van der Waals surface area (Å²) in [7, 11) is 0. The van der Waals surface area contributed by atoms with E-state index in [1.165, 1.54) is 23.9 Å². The Hall–Kier alpha value is -1.97. The van der Waals surface area contributed by atoms with Crippen LogP contribution in [0.2, 0.25) is 0 Å². The zero-order valence-electron chi connectivity index (χ0n) is 14.8. The smallest absolute Gasteiger partial charge is 0.274 e. The van der Waals surface area contributed by atoms with Gasteiger partial charge in [-0.25, -0.2) is 9.37 Å². The summed E-state index contributed by atoms with van der Waals surface area (Å²) >= 11 is 4.75. The summed E-state index contributed by atoms with van der Waals surface area (Å²) < 4.78 is 21.2. The SMILES string of the molecule is NC1=N[C@@]2(c3cc(NC(=O)c4ccc(Br)cn4)ccc3F)CCOC[C@H]2CS1. The minimum absolute atomic E-state index is 0.0205. The third-order valence-electron chi connectivity index (χ3n) is 5.01. The Morgan fingerprint density at radius 2 is 2.25 bits per heavy atom. The van der Waals surface area contributed by atoms with Gasteiger partial charge >= 0.3 is 0 Å². The number of nitrogens with zero attached hydrogens (tertiary/aromatic N) is 2. The van der Waals surface area contributed by atoms with Gasteiger partial charge in [0.25, 0.3) is 5.91 Å². The van der Waals surface area contributed by atoms with Crippen LogP contribution in [0.5, 0.6) is 0 Å². The maximum absolute atomic E-state index is 14.9. The molecule has 1 amide bonds. The highest BCUT2D eigenvalue weighted by atomic mass is 79.9. The molecular weight excluding hydrogens is 447 g/mol. The van der Waals surface area contributed by atoms with Crippen molar-refractivity contribution in [3.63, 3.8) is 0 Å². The van der Waals surface area contributed by atoms with Crippen LogP contribution in [0, 0.1) is 11.7 Å². The number of aromatic nitrogens is 1. The van der Waals surface area contributed by atoms with Crippen LogP contribution in [0.1, 0.15) is 22.5 Å². The van der Waals surface area contributed by atoms with Gasteiger partial charge < -0.3 is 15.8 Å². The molecule has 2 atom stereocenters. The third-order valence-corrected chi connectivity index (χ3v) is 6.44. The first kappa shape index (κ1) is 19.4. The maximum atomic E-state index is 14.9. The van der Waals surface area contributed by atoms with Crippen molar-refractivity contribution in [1.29, 1.82) is 0 Å². The minimum Gasteiger partial charge on any atom is -0.381 e. The van der Waals surface area contributed by atoms with Gasteiger partial charge in [-0.1, -0.05) is 11.8 Å². The van der Waals surface area contributed by atoms with Gasteiger partial charge in [0.2, 0.25) is 0 Å². The normalized spacial score (nSPS) is 24.2. The van der Waals surface area contributed by atoms with E-state index in [1.807, 2.05) is 0 Å². The Labute approximate surface area is 174 Å². The van der Waals surface area contributed by atoms with Crippen LogP contribution in [0.3, 0.4) is 0 Å². The second-order valence-electron chi connectivity index (χ2n) is 6.72. The van der Waals surface area contributed by atoms with Crippen molar-refractivity contribution < 1.29 is 13.9 Å². The van der Waals surface area contributed by atoms with E-state index in [0.29, 0.717) is 41.8 Å². The number of fused-ring (bicyclic) bond motifs is 1. The zero-order valence-corrected chi connectivity index (χ0v) is 17.2. The average molecular weight is 465 g/mol. The Kier molecular flexibility index (Phi) is 5.39. The molecule has 4 rings (SSSR count). The van der Waals surface area contributed by atoms with Crippen LogP contribution in [-0.4, -0.2) is 35.0 Å². The molecule has 28 heavy (non-hydrogen) atoms. The summed E-state index contributed by atoms with van der Waals surface area (Å²) in [6.07, 6.45) is 2.09. The number of amides is 1. The molecule has 2 aromatic rings. The molecule has 9 heteroatoms. The third kappa shape index (κ3) is 3.66. The van der Waals surface area contributed by atoms with Crippen LogP contribution in [0.4, 0.5) is 10.1 Å². The number of ether oxygens (including phenoxy) is 1. The lowest BCUT2D eigenvalue weighted by molar-refractivity contribution is 0.00886. The van der Waals surface area contributed by atoms with Crippen molar-refractivity contribution >= 4 is 44.5 Å². The monoisotopic (exact) mass is 464 g/mol.